The molecule has 1 aromatic carbocycles. The van der Waals surface area contributed by atoms with Gasteiger partial charge in [-0.2, -0.15) is 0 Å². The maximum absolute atomic E-state index is 10.4. The van der Waals surface area contributed by atoms with Gasteiger partial charge in [-0.3, -0.25) is 9.80 Å². The van der Waals surface area contributed by atoms with Crippen LogP contribution in [0.5, 0.6) is 11.5 Å². The Morgan fingerprint density at radius 1 is 1.20 bits per heavy atom. The maximum Gasteiger partial charge on any atom is 0.161 e. The lowest BCUT2D eigenvalue weighted by Gasteiger charge is -2.33. The second kappa shape index (κ2) is 11.1. The number of methoxy groups -OCH3 is 1. The zero-order chi connectivity index (χ0) is 21.5. The van der Waals surface area contributed by atoms with Gasteiger partial charge in [-0.1, -0.05) is 6.07 Å². The molecular formula is C22H34N4O3S. The summed E-state index contributed by atoms with van der Waals surface area (Å²) in [5, 5.41) is 13.6. The predicted octanol–water partition coefficient (Wildman–Crippen LogP) is 2.08. The molecule has 3 rings (SSSR count). The number of likely N-dealkylation sites (N-methyl/N-ethyl adjacent to an activating group) is 1. The fourth-order valence-electron chi connectivity index (χ4n) is 3.57. The van der Waals surface area contributed by atoms with Crippen molar-refractivity contribution in [2.45, 2.75) is 26.1 Å². The number of thiazole rings is 1. The summed E-state index contributed by atoms with van der Waals surface area (Å²) in [5.74, 6) is 1.36. The Morgan fingerprint density at radius 3 is 2.63 bits per heavy atom. The predicted molar refractivity (Wildman–Crippen MR) is 120 cm³/mol. The van der Waals surface area contributed by atoms with E-state index in [1.165, 1.54) is 0 Å². The van der Waals surface area contributed by atoms with Crippen LogP contribution in [0.4, 0.5) is 0 Å². The van der Waals surface area contributed by atoms with Crippen molar-refractivity contribution in [3.05, 3.63) is 39.8 Å². The monoisotopic (exact) mass is 434 g/mol. The maximum atomic E-state index is 10.4. The molecule has 0 radical (unpaired) electrons. The van der Waals surface area contributed by atoms with E-state index in [-0.39, 0.29) is 6.61 Å². The Hall–Kier alpha value is -1.71. The molecule has 0 spiro atoms. The van der Waals surface area contributed by atoms with E-state index in [4.69, 9.17) is 9.47 Å². The summed E-state index contributed by atoms with van der Waals surface area (Å²) in [6.45, 7) is 8.54. The Labute approximate surface area is 183 Å². The molecule has 1 N–H and O–H groups in total. The Balaban J connectivity index is 1.53. The molecule has 0 saturated carbocycles. The van der Waals surface area contributed by atoms with E-state index in [9.17, 15) is 5.11 Å². The van der Waals surface area contributed by atoms with E-state index in [1.54, 1.807) is 18.4 Å². The van der Waals surface area contributed by atoms with Crippen molar-refractivity contribution < 1.29 is 14.6 Å². The molecule has 1 aromatic heterocycles. The molecule has 8 heteroatoms. The largest absolute Gasteiger partial charge is 0.493 e. The van der Waals surface area contributed by atoms with Crippen molar-refractivity contribution in [1.82, 2.24) is 19.7 Å². The van der Waals surface area contributed by atoms with Gasteiger partial charge in [0.25, 0.3) is 0 Å². The van der Waals surface area contributed by atoms with Crippen molar-refractivity contribution in [2.24, 2.45) is 0 Å². The number of benzene rings is 1. The number of piperazine rings is 1. The van der Waals surface area contributed by atoms with E-state index in [0.29, 0.717) is 18.0 Å². The molecule has 1 atom stereocenters. The standard InChI is InChI=1S/C22H34N4O3S/c1-17-16-30-22(23-17)14-25(3)12-18-5-6-20(28-4)21(11-18)29-15-19(27)13-26-9-7-24(2)8-10-26/h5-6,11,16,19,27H,7-10,12-15H2,1-4H3. The van der Waals surface area contributed by atoms with Crippen LogP contribution in [0.15, 0.2) is 23.6 Å². The highest BCUT2D eigenvalue weighted by Gasteiger charge is 2.18. The summed E-state index contributed by atoms with van der Waals surface area (Å²) in [4.78, 5) is 11.4. The molecule has 1 aliphatic heterocycles. The minimum absolute atomic E-state index is 0.250. The highest BCUT2D eigenvalue weighted by atomic mass is 32.1. The third-order valence-corrected chi connectivity index (χ3v) is 6.20. The first-order chi connectivity index (χ1) is 14.4. The van der Waals surface area contributed by atoms with E-state index >= 15 is 0 Å². The van der Waals surface area contributed by atoms with Gasteiger partial charge >= 0.3 is 0 Å². The van der Waals surface area contributed by atoms with Crippen LogP contribution < -0.4 is 9.47 Å². The number of rotatable bonds is 10. The summed E-state index contributed by atoms with van der Waals surface area (Å²) in [7, 11) is 5.85. The SMILES string of the molecule is COc1ccc(CN(C)Cc2nc(C)cs2)cc1OCC(O)CN1CCN(C)CC1. The van der Waals surface area contributed by atoms with Crippen molar-refractivity contribution in [3.8, 4) is 11.5 Å². The van der Waals surface area contributed by atoms with Crippen LogP contribution in [0.3, 0.4) is 0 Å². The second-order valence-corrected chi connectivity index (χ2v) is 9.05. The Morgan fingerprint density at radius 2 is 1.97 bits per heavy atom. The zero-order valence-electron chi connectivity index (χ0n) is 18.5. The van der Waals surface area contributed by atoms with Crippen molar-refractivity contribution in [1.29, 1.82) is 0 Å². The van der Waals surface area contributed by atoms with Crippen LogP contribution in [0.25, 0.3) is 0 Å². The highest BCUT2D eigenvalue weighted by molar-refractivity contribution is 7.09. The molecule has 7 nitrogen and oxygen atoms in total. The van der Waals surface area contributed by atoms with Gasteiger partial charge in [-0.25, -0.2) is 4.98 Å². The lowest BCUT2D eigenvalue weighted by Crippen LogP contribution is -2.47. The number of aliphatic hydroxyl groups is 1. The normalized spacial score (nSPS) is 16.7. The summed E-state index contributed by atoms with van der Waals surface area (Å²) in [6.07, 6.45) is -0.530. The van der Waals surface area contributed by atoms with Gasteiger partial charge in [0, 0.05) is 50.3 Å². The molecule has 1 aliphatic rings. The molecule has 0 bridgehead atoms. The van der Waals surface area contributed by atoms with Crippen LogP contribution >= 0.6 is 11.3 Å². The average molecular weight is 435 g/mol. The number of hydrogen-bond donors (Lipinski definition) is 1. The quantitative estimate of drug-likeness (QED) is 0.614. The average Bonchev–Trinajstić information content (AvgIpc) is 3.12. The Kier molecular flexibility index (Phi) is 8.47. The Bertz CT molecular complexity index is 792. The van der Waals surface area contributed by atoms with Gasteiger partial charge < -0.3 is 19.5 Å². The number of nitrogens with zero attached hydrogens (tertiary/aromatic N) is 4. The molecule has 1 saturated heterocycles. The smallest absolute Gasteiger partial charge is 0.161 e. The van der Waals surface area contributed by atoms with Crippen molar-refractivity contribution in [3.63, 3.8) is 0 Å². The van der Waals surface area contributed by atoms with Crippen molar-refractivity contribution in [2.75, 3.05) is 60.5 Å². The number of β-amino-alcohol motifs (C(OH)–C–C–N with tert-alkyl or cyclic N) is 1. The molecule has 30 heavy (non-hydrogen) atoms. The van der Waals surface area contributed by atoms with Gasteiger partial charge in [-0.15, -0.1) is 11.3 Å². The third-order valence-electron chi connectivity index (χ3n) is 5.25. The summed E-state index contributed by atoms with van der Waals surface area (Å²) < 4.78 is 11.4. The minimum Gasteiger partial charge on any atom is -0.493 e. The number of ether oxygens (including phenoxy) is 2. The molecule has 1 fully saturated rings. The van der Waals surface area contributed by atoms with Gasteiger partial charge in [0.1, 0.15) is 17.7 Å². The lowest BCUT2D eigenvalue weighted by atomic mass is 10.2. The minimum atomic E-state index is -0.530. The topological polar surface area (TPSA) is 61.3 Å². The summed E-state index contributed by atoms with van der Waals surface area (Å²) in [5.41, 5.74) is 2.20. The summed E-state index contributed by atoms with van der Waals surface area (Å²) >= 11 is 1.69. The van der Waals surface area contributed by atoms with Crippen LogP contribution in [-0.2, 0) is 13.1 Å². The molecule has 2 aromatic rings. The number of hydrogen-bond acceptors (Lipinski definition) is 8. The van der Waals surface area contributed by atoms with Crippen LogP contribution in [-0.4, -0.2) is 91.4 Å². The van der Waals surface area contributed by atoms with E-state index in [1.807, 2.05) is 19.1 Å². The molecule has 0 aliphatic carbocycles. The first-order valence-corrected chi connectivity index (χ1v) is 11.3. The fourth-order valence-corrected chi connectivity index (χ4v) is 4.42. The molecule has 0 amide bonds. The zero-order valence-corrected chi connectivity index (χ0v) is 19.3. The van der Waals surface area contributed by atoms with Gasteiger partial charge in [0.15, 0.2) is 11.5 Å². The molecule has 1 unspecified atom stereocenters. The molecular weight excluding hydrogens is 400 g/mol. The van der Waals surface area contributed by atoms with E-state index in [0.717, 1.165) is 55.5 Å². The van der Waals surface area contributed by atoms with E-state index < -0.39 is 6.10 Å². The first-order valence-electron chi connectivity index (χ1n) is 10.4. The highest BCUT2D eigenvalue weighted by Crippen LogP contribution is 2.29. The fraction of sp³-hybridized carbons (Fsp3) is 0.591. The van der Waals surface area contributed by atoms with E-state index in [2.05, 4.69) is 45.2 Å². The summed E-state index contributed by atoms with van der Waals surface area (Å²) in [6, 6.07) is 5.99. The van der Waals surface area contributed by atoms with Gasteiger partial charge in [0.05, 0.1) is 13.7 Å². The van der Waals surface area contributed by atoms with Crippen LogP contribution in [0, 0.1) is 6.92 Å². The van der Waals surface area contributed by atoms with Crippen molar-refractivity contribution >= 4 is 11.3 Å². The molecule has 2 heterocycles. The third kappa shape index (κ3) is 6.92. The molecule has 166 valence electrons. The van der Waals surface area contributed by atoms with Crippen LogP contribution in [0.1, 0.15) is 16.3 Å². The van der Waals surface area contributed by atoms with Gasteiger partial charge in [0.2, 0.25) is 0 Å². The second-order valence-electron chi connectivity index (χ2n) is 8.11. The number of aliphatic hydroxyl groups excluding tert-OH is 1. The number of aromatic nitrogens is 1. The number of aryl methyl sites for hydroxylation is 1. The lowest BCUT2D eigenvalue weighted by molar-refractivity contribution is 0.0497. The first kappa shape index (κ1) is 23.0. The van der Waals surface area contributed by atoms with Crippen LogP contribution in [0.2, 0.25) is 0 Å². The van der Waals surface area contributed by atoms with Gasteiger partial charge in [-0.05, 0) is 38.7 Å².